The first kappa shape index (κ1) is 66.4. The molecule has 0 aromatic rings. The second-order valence-corrected chi connectivity index (χ2v) is 27.9. The molecule has 9 aliphatic rings. The molecule has 482 valence electrons. The summed E-state index contributed by atoms with van der Waals surface area (Å²) in [5, 5.41) is 168. The number of fused-ring (bicyclic) bond motifs is 7. The predicted octanol–water partition coefficient (Wildman–Crippen LogP) is -2.10. The summed E-state index contributed by atoms with van der Waals surface area (Å²) in [6, 6.07) is 0. The van der Waals surface area contributed by atoms with E-state index >= 15 is 0 Å². The van der Waals surface area contributed by atoms with Gasteiger partial charge in [0.25, 0.3) is 0 Å². The van der Waals surface area contributed by atoms with E-state index < -0.39 is 207 Å². The van der Waals surface area contributed by atoms with Gasteiger partial charge in [0.2, 0.25) is 0 Å². The lowest BCUT2D eigenvalue weighted by Crippen LogP contribution is -2.72. The summed E-state index contributed by atoms with van der Waals surface area (Å²) < 4.78 is 54.6. The van der Waals surface area contributed by atoms with Crippen LogP contribution in [-0.2, 0) is 47.4 Å². The Balaban J connectivity index is 0.953. The van der Waals surface area contributed by atoms with Gasteiger partial charge in [-0.2, -0.15) is 0 Å². The van der Waals surface area contributed by atoms with Crippen molar-refractivity contribution in [2.75, 3.05) is 26.4 Å². The van der Waals surface area contributed by atoms with Gasteiger partial charge in [-0.05, 0) is 105 Å². The second kappa shape index (κ2) is 24.3. The van der Waals surface area contributed by atoms with Gasteiger partial charge in [-0.25, -0.2) is 4.79 Å². The fourth-order valence-electron chi connectivity index (χ4n) is 17.4. The van der Waals surface area contributed by atoms with Crippen LogP contribution >= 0.6 is 0 Å². The lowest BCUT2D eigenvalue weighted by Gasteiger charge is -2.72. The maximum Gasteiger partial charge on any atom is 0.333 e. The van der Waals surface area contributed by atoms with E-state index in [0.717, 1.165) is 18.4 Å². The molecule has 4 saturated carbocycles. The maximum atomic E-state index is 13.2. The zero-order valence-corrected chi connectivity index (χ0v) is 49.8. The number of aliphatic hydroxyl groups is 15. The Hall–Kier alpha value is -1.97. The zero-order chi connectivity index (χ0) is 61.9. The topological polar surface area (TPSA) is 404 Å². The first-order valence-electron chi connectivity index (χ1n) is 30.0. The number of rotatable bonds is 14. The van der Waals surface area contributed by atoms with Crippen LogP contribution in [0.3, 0.4) is 0 Å². The van der Waals surface area contributed by atoms with Gasteiger partial charge in [0.1, 0.15) is 104 Å². The average Bonchev–Trinajstić information content (AvgIpc) is 0.701. The quantitative estimate of drug-likeness (QED) is 0.0383. The minimum Gasteiger partial charge on any atom is -0.456 e. The molecule has 25 nitrogen and oxygen atoms in total. The molecule has 31 atom stereocenters. The molecule has 25 heteroatoms. The highest BCUT2D eigenvalue weighted by atomic mass is 16.8. The largest absolute Gasteiger partial charge is 0.456 e. The van der Waals surface area contributed by atoms with Crippen molar-refractivity contribution in [1.82, 2.24) is 0 Å². The van der Waals surface area contributed by atoms with Gasteiger partial charge in [0.05, 0.1) is 50.2 Å². The van der Waals surface area contributed by atoms with Crippen LogP contribution in [0.2, 0.25) is 0 Å². The monoisotopic (exact) mass is 1200 g/mol. The molecule has 0 bridgehead atoms. The van der Waals surface area contributed by atoms with Crippen LogP contribution in [0.25, 0.3) is 0 Å². The Kier molecular flexibility index (Phi) is 19.3. The molecule has 0 aromatic carbocycles. The van der Waals surface area contributed by atoms with E-state index in [4.69, 9.17) is 42.6 Å². The molecule has 0 spiro atoms. The molecular formula is C59H96O25. The van der Waals surface area contributed by atoms with Gasteiger partial charge in [-0.3, -0.25) is 0 Å². The molecule has 0 amide bonds. The number of esters is 1. The molecule has 0 radical (unpaired) electrons. The number of carbonyl (C=O) groups is 1. The number of aliphatic hydroxyl groups excluding tert-OH is 15. The third kappa shape index (κ3) is 10.6. The summed E-state index contributed by atoms with van der Waals surface area (Å²) in [4.78, 5) is 13.2. The van der Waals surface area contributed by atoms with Gasteiger partial charge in [0, 0.05) is 11.0 Å². The first-order valence-corrected chi connectivity index (χ1v) is 30.0. The molecule has 5 aliphatic carbocycles. The van der Waals surface area contributed by atoms with Crippen molar-refractivity contribution < 1.29 is 124 Å². The molecular weight excluding hydrogens is 1110 g/mol. The van der Waals surface area contributed by atoms with Crippen molar-refractivity contribution in [2.45, 2.75) is 261 Å². The average molecular weight is 1210 g/mol. The third-order valence-corrected chi connectivity index (χ3v) is 22.8. The van der Waals surface area contributed by atoms with Crippen molar-refractivity contribution in [2.24, 2.45) is 50.2 Å². The molecule has 15 N–H and O–H groups in total. The van der Waals surface area contributed by atoms with Gasteiger partial charge in [-0.15, -0.1) is 0 Å². The summed E-state index contributed by atoms with van der Waals surface area (Å²) in [7, 11) is 0. The van der Waals surface area contributed by atoms with E-state index in [-0.39, 0.29) is 29.1 Å². The van der Waals surface area contributed by atoms with Gasteiger partial charge < -0.3 is 119 Å². The van der Waals surface area contributed by atoms with Crippen LogP contribution in [-0.4, -0.2) is 256 Å². The molecule has 4 saturated heterocycles. The summed E-state index contributed by atoms with van der Waals surface area (Å²) in [6.45, 7) is 16.7. The number of hydrogen-bond donors (Lipinski definition) is 15. The van der Waals surface area contributed by atoms with Crippen LogP contribution in [0.5, 0.6) is 0 Å². The zero-order valence-electron chi connectivity index (χ0n) is 49.8. The van der Waals surface area contributed by atoms with Gasteiger partial charge >= 0.3 is 5.97 Å². The highest BCUT2D eigenvalue weighted by Crippen LogP contribution is 2.76. The van der Waals surface area contributed by atoms with Crippen molar-refractivity contribution >= 4 is 5.97 Å². The summed E-state index contributed by atoms with van der Waals surface area (Å²) in [5.74, 6) is -0.908. The first-order chi connectivity index (χ1) is 39.3. The van der Waals surface area contributed by atoms with Gasteiger partial charge in [0.15, 0.2) is 25.2 Å². The number of hydrogen-bond acceptors (Lipinski definition) is 25. The molecule has 8 fully saturated rings. The van der Waals surface area contributed by atoms with Crippen molar-refractivity contribution in [3.8, 4) is 0 Å². The molecule has 0 aromatic heterocycles. The molecule has 4 aliphatic heterocycles. The fourth-order valence-corrected chi connectivity index (χ4v) is 17.4. The van der Waals surface area contributed by atoms with Crippen molar-refractivity contribution in [3.63, 3.8) is 0 Å². The Bertz CT molecular complexity index is 2380. The minimum atomic E-state index is -2.08. The highest BCUT2D eigenvalue weighted by molar-refractivity contribution is 5.87. The van der Waals surface area contributed by atoms with E-state index in [2.05, 4.69) is 40.7 Å². The number of ether oxygens (including phenoxy) is 9. The minimum absolute atomic E-state index is 0.00474. The molecule has 0 unspecified atom stereocenters. The fraction of sp³-hybridized carbons (Fsp3) is 0.915. The Morgan fingerprint density at radius 2 is 1.14 bits per heavy atom. The summed E-state index contributed by atoms with van der Waals surface area (Å²) in [5.41, 5.74) is -2.56. The molecule has 4 heterocycles. The number of allylic oxidation sites excluding steroid dienone is 3. The highest BCUT2D eigenvalue weighted by Gasteiger charge is 2.73. The van der Waals surface area contributed by atoms with E-state index in [1.54, 1.807) is 19.9 Å². The van der Waals surface area contributed by atoms with E-state index in [1.165, 1.54) is 6.92 Å². The normalized spacial score (nSPS) is 52.9. The van der Waals surface area contributed by atoms with Crippen LogP contribution < -0.4 is 0 Å². The number of carbonyl (C=O) groups excluding carboxylic acids is 1. The Morgan fingerprint density at radius 3 is 1.70 bits per heavy atom. The molecule has 84 heavy (non-hydrogen) atoms. The lowest BCUT2D eigenvalue weighted by molar-refractivity contribution is -0.401. The van der Waals surface area contributed by atoms with Crippen LogP contribution in [0.1, 0.15) is 114 Å². The van der Waals surface area contributed by atoms with Gasteiger partial charge in [-0.1, -0.05) is 66.2 Å². The Morgan fingerprint density at radius 1 is 0.607 bits per heavy atom. The third-order valence-electron chi connectivity index (χ3n) is 22.8. The van der Waals surface area contributed by atoms with Crippen molar-refractivity contribution in [1.29, 1.82) is 0 Å². The summed E-state index contributed by atoms with van der Waals surface area (Å²) in [6.07, 6.45) is -31.2. The van der Waals surface area contributed by atoms with Crippen LogP contribution in [0, 0.1) is 50.2 Å². The van der Waals surface area contributed by atoms with E-state index in [1.807, 2.05) is 13.8 Å². The maximum absolute atomic E-state index is 13.2. The standard InChI is InChI=1S/C59H96O25/c1-11-24(2)49(75)84-48-47(74)59(23-63)27(18-54(48,4)5)26-12-13-32-56(8)16-15-34(55(6,7)31(56)14-17-57(32,9)58(26,10)19-33(59)64)80-52-45(40(70)36(66)28(20-60)78-52)83-51-43(73)44(38(68)30(22-62)77-51)81-53-46(41(71)37(67)29(21-61)79-53)82-50-42(72)39(69)35(65)25(3)76-50/h11-12,25,27-48,50-53,60-74H,13-23H2,1-10H3/b24-11+/t25-,27-,28+,29+,30+,31-,32+,33+,34-,35-,36+,37-,38+,39+,40-,41-,42+,43+,44-,45+,46+,47-,48-,50-,51-,52-,53-,56-,57+,58+,59-/m0/s1. The van der Waals surface area contributed by atoms with E-state index in [0.29, 0.717) is 31.3 Å². The lowest BCUT2D eigenvalue weighted by atomic mass is 9.33. The SMILES string of the molecule is C/C=C(\C)C(=O)O[C@H]1[C@H](O)[C@]2(CO)[C@H](O)C[C@]3(C)C(=CC[C@@H]4[C@@]5(C)CC[C@H](O[C@@H]6O[C@H](CO)[C@@H](O)[C@H](O)[C@H]6O[C@@H]6O[C@H](CO)[C@@H](O)[C@H](O[C@@H]7O[C@H](CO)[C@H](O)[C@H](O)[C@H]7O[C@@H]7O[C@@H](C)[C@H](O)[C@@H](O)[C@H]7O)[C@H]6O)C(C)(C)[C@@H]5CC[C@]43C)[C@@H]2CC1(C)C. The smallest absolute Gasteiger partial charge is 0.333 e. The van der Waals surface area contributed by atoms with Crippen LogP contribution in [0.4, 0.5) is 0 Å². The summed E-state index contributed by atoms with van der Waals surface area (Å²) >= 11 is 0. The predicted molar refractivity (Wildman–Crippen MR) is 289 cm³/mol. The van der Waals surface area contributed by atoms with Crippen molar-refractivity contribution in [3.05, 3.63) is 23.3 Å². The van der Waals surface area contributed by atoms with Crippen LogP contribution in [0.15, 0.2) is 23.3 Å². The molecule has 9 rings (SSSR count). The van der Waals surface area contributed by atoms with E-state index in [9.17, 15) is 81.4 Å². The second-order valence-electron chi connectivity index (χ2n) is 27.9. The Labute approximate surface area is 490 Å².